The molecule has 1 unspecified atom stereocenters. The van der Waals surface area contributed by atoms with Crippen LogP contribution in [0.1, 0.15) is 36.3 Å². The fraction of sp³-hybridized carbons (Fsp3) is 0.438. The third-order valence-corrected chi connectivity index (χ3v) is 10.5. The van der Waals surface area contributed by atoms with E-state index in [4.69, 9.17) is 19.7 Å². The number of hydrogen-bond acceptors (Lipinski definition) is 11. The molecule has 10 nitrogen and oxygen atoms in total. The Balaban J connectivity index is 1.39. The van der Waals surface area contributed by atoms with Gasteiger partial charge in [0.05, 0.1) is 52.6 Å². The van der Waals surface area contributed by atoms with Crippen LogP contribution in [0, 0.1) is 6.92 Å². The summed E-state index contributed by atoms with van der Waals surface area (Å²) in [7, 11) is 10.1. The molecule has 0 bridgehead atoms. The number of likely N-dealkylation sites (N-methyl/N-ethyl adjacent to an activating group) is 1. The standard InChI is InChI=1S/C32H40IN9OS/c1-20-16-27(28(43-6)17-26(20)41-15-12-22(19-41)38(2)3)39(4)32-36-18-23(21-8-9-21)31(37-32)42(33)25-11-10-24-29(35-14-13-34-24)30(25)40(5)44-7/h10-11,13-14,16-18,21-22H,8-9,12,15,19H2,1-7H3. The number of ether oxygens (including phenoxy) is 1. The Kier molecular flexibility index (Phi) is 8.93. The lowest BCUT2D eigenvalue weighted by molar-refractivity contribution is 0.315. The van der Waals surface area contributed by atoms with Crippen LogP contribution in [0.4, 0.5) is 34.5 Å². The van der Waals surface area contributed by atoms with Crippen LogP contribution in [-0.2, 0) is 0 Å². The summed E-state index contributed by atoms with van der Waals surface area (Å²) in [6.45, 7) is 4.23. The minimum absolute atomic E-state index is 0.464. The van der Waals surface area contributed by atoms with Gasteiger partial charge in [-0.05, 0) is 70.0 Å². The maximum Gasteiger partial charge on any atom is 0.231 e. The molecule has 2 fully saturated rings. The summed E-state index contributed by atoms with van der Waals surface area (Å²) in [5.41, 5.74) is 8.25. The Morgan fingerprint density at radius 3 is 2.45 bits per heavy atom. The lowest BCUT2D eigenvalue weighted by Gasteiger charge is -2.28. The van der Waals surface area contributed by atoms with Crippen molar-refractivity contribution < 1.29 is 4.74 Å². The van der Waals surface area contributed by atoms with Gasteiger partial charge in [0, 0.05) is 75.4 Å². The van der Waals surface area contributed by atoms with Crippen molar-refractivity contribution in [3.05, 3.63) is 54.0 Å². The van der Waals surface area contributed by atoms with Gasteiger partial charge in [-0.2, -0.15) is 4.98 Å². The maximum atomic E-state index is 5.96. The summed E-state index contributed by atoms with van der Waals surface area (Å²) in [4.78, 5) is 26.2. The van der Waals surface area contributed by atoms with E-state index in [0.29, 0.717) is 17.9 Å². The molecule has 1 saturated heterocycles. The Hall–Kier alpha value is -3.10. The maximum absolute atomic E-state index is 5.96. The molecule has 2 aromatic carbocycles. The van der Waals surface area contributed by atoms with E-state index in [9.17, 15) is 0 Å². The average molecular weight is 726 g/mol. The molecule has 0 amide bonds. The van der Waals surface area contributed by atoms with Crippen LogP contribution >= 0.6 is 34.8 Å². The van der Waals surface area contributed by atoms with Crippen molar-refractivity contribution in [2.24, 2.45) is 0 Å². The number of halogens is 1. The van der Waals surface area contributed by atoms with Gasteiger partial charge in [0.15, 0.2) is 5.82 Å². The lowest BCUT2D eigenvalue weighted by atomic mass is 10.1. The summed E-state index contributed by atoms with van der Waals surface area (Å²) in [6.07, 6.45) is 11.0. The summed E-state index contributed by atoms with van der Waals surface area (Å²) in [6, 6.07) is 9.07. The Morgan fingerprint density at radius 1 is 1.00 bits per heavy atom. The zero-order valence-electron chi connectivity index (χ0n) is 26.5. The van der Waals surface area contributed by atoms with Gasteiger partial charge in [0.1, 0.15) is 11.3 Å². The van der Waals surface area contributed by atoms with Crippen molar-refractivity contribution in [2.75, 3.05) is 71.9 Å². The molecule has 1 aliphatic heterocycles. The number of methoxy groups -OCH3 is 1. The van der Waals surface area contributed by atoms with Gasteiger partial charge in [-0.1, -0.05) is 11.9 Å². The highest BCUT2D eigenvalue weighted by molar-refractivity contribution is 14.1. The quantitative estimate of drug-likeness (QED) is 0.0994. The second-order valence-electron chi connectivity index (χ2n) is 11.8. The van der Waals surface area contributed by atoms with E-state index < -0.39 is 0 Å². The zero-order valence-corrected chi connectivity index (χ0v) is 29.4. The first-order valence-electron chi connectivity index (χ1n) is 14.9. The van der Waals surface area contributed by atoms with E-state index in [2.05, 4.69) is 97.6 Å². The first-order chi connectivity index (χ1) is 21.2. The van der Waals surface area contributed by atoms with E-state index in [-0.39, 0.29) is 0 Å². The first-order valence-corrected chi connectivity index (χ1v) is 17.0. The van der Waals surface area contributed by atoms with E-state index in [1.54, 1.807) is 31.5 Å². The predicted octanol–water partition coefficient (Wildman–Crippen LogP) is 6.72. The second-order valence-corrected chi connectivity index (χ2v) is 13.6. The minimum atomic E-state index is 0.464. The molecule has 44 heavy (non-hydrogen) atoms. The monoisotopic (exact) mass is 725 g/mol. The van der Waals surface area contributed by atoms with Crippen LogP contribution in [0.25, 0.3) is 11.0 Å². The SMILES string of the molecule is COc1cc(N2CCC(N(C)C)C2)c(C)cc1N(C)c1ncc(C2CC2)c(N(I)c2ccc3nccnc3c2N(C)SC)n1. The normalized spacial score (nSPS) is 16.6. The average Bonchev–Trinajstić information content (AvgIpc) is 3.77. The molecule has 0 N–H and O–H groups in total. The van der Waals surface area contributed by atoms with Crippen molar-refractivity contribution in [2.45, 2.75) is 38.1 Å². The van der Waals surface area contributed by atoms with Gasteiger partial charge < -0.3 is 23.7 Å². The number of hydrogen-bond donors (Lipinski definition) is 0. The summed E-state index contributed by atoms with van der Waals surface area (Å²) >= 11 is 4.02. The first kappa shape index (κ1) is 30.9. The van der Waals surface area contributed by atoms with E-state index in [0.717, 1.165) is 77.6 Å². The van der Waals surface area contributed by atoms with Gasteiger partial charge in [0.2, 0.25) is 5.95 Å². The van der Waals surface area contributed by atoms with Gasteiger partial charge in [0.25, 0.3) is 0 Å². The summed E-state index contributed by atoms with van der Waals surface area (Å²) in [5, 5.41) is 0. The molecular weight excluding hydrogens is 685 g/mol. The number of fused-ring (bicyclic) bond motifs is 1. The summed E-state index contributed by atoms with van der Waals surface area (Å²) < 4.78 is 10.3. The molecule has 12 heteroatoms. The molecule has 4 aromatic rings. The molecule has 3 heterocycles. The van der Waals surface area contributed by atoms with E-state index in [1.807, 2.05) is 24.2 Å². The lowest BCUT2D eigenvalue weighted by Crippen LogP contribution is -2.31. The highest BCUT2D eigenvalue weighted by Crippen LogP contribution is 2.49. The predicted molar refractivity (Wildman–Crippen MR) is 192 cm³/mol. The van der Waals surface area contributed by atoms with Crippen molar-refractivity contribution >= 4 is 80.4 Å². The zero-order chi connectivity index (χ0) is 31.1. The fourth-order valence-electron chi connectivity index (χ4n) is 5.98. The third kappa shape index (κ3) is 5.83. The molecule has 232 valence electrons. The fourth-order valence-corrected chi connectivity index (χ4v) is 7.12. The molecule has 2 aromatic heterocycles. The van der Waals surface area contributed by atoms with Crippen LogP contribution in [-0.4, -0.2) is 85.5 Å². The Labute approximate surface area is 278 Å². The topological polar surface area (TPSA) is 77.0 Å². The smallest absolute Gasteiger partial charge is 0.231 e. The number of benzene rings is 2. The van der Waals surface area contributed by atoms with Crippen LogP contribution in [0.3, 0.4) is 0 Å². The third-order valence-electron chi connectivity index (χ3n) is 8.77. The highest BCUT2D eigenvalue weighted by atomic mass is 127. The number of aryl methyl sites for hydroxylation is 1. The number of anilines is 6. The number of aromatic nitrogens is 4. The molecule has 6 rings (SSSR count). The van der Waals surface area contributed by atoms with Gasteiger partial charge in [-0.25, -0.2) is 4.98 Å². The number of rotatable bonds is 10. The minimum Gasteiger partial charge on any atom is -0.494 e. The van der Waals surface area contributed by atoms with Crippen molar-refractivity contribution in [3.8, 4) is 5.75 Å². The van der Waals surface area contributed by atoms with Crippen LogP contribution in [0.5, 0.6) is 5.75 Å². The molecule has 0 spiro atoms. The molecular formula is C32H40IN9OS. The van der Waals surface area contributed by atoms with Gasteiger partial charge >= 0.3 is 0 Å². The van der Waals surface area contributed by atoms with Crippen LogP contribution in [0.15, 0.2) is 42.9 Å². The number of nitrogens with zero attached hydrogens (tertiary/aromatic N) is 9. The Morgan fingerprint density at radius 2 is 1.77 bits per heavy atom. The van der Waals surface area contributed by atoms with Crippen LogP contribution in [0.2, 0.25) is 0 Å². The van der Waals surface area contributed by atoms with Crippen LogP contribution < -0.4 is 22.0 Å². The van der Waals surface area contributed by atoms with Crippen molar-refractivity contribution in [1.29, 1.82) is 0 Å². The molecule has 0 radical (unpaired) electrons. The van der Waals surface area contributed by atoms with Crippen molar-refractivity contribution in [1.82, 2.24) is 24.8 Å². The Bertz CT molecular complexity index is 1670. The molecule has 1 saturated carbocycles. The van der Waals surface area contributed by atoms with Gasteiger partial charge in [-0.15, -0.1) is 0 Å². The highest BCUT2D eigenvalue weighted by Gasteiger charge is 2.32. The van der Waals surface area contributed by atoms with E-state index in [1.165, 1.54) is 11.3 Å². The molecule has 1 atom stereocenters. The summed E-state index contributed by atoms with van der Waals surface area (Å²) in [5.74, 6) is 2.78. The largest absolute Gasteiger partial charge is 0.494 e. The van der Waals surface area contributed by atoms with Crippen molar-refractivity contribution in [3.63, 3.8) is 0 Å². The van der Waals surface area contributed by atoms with Gasteiger partial charge in [-0.3, -0.25) is 13.1 Å². The van der Waals surface area contributed by atoms with E-state index >= 15 is 0 Å². The second kappa shape index (κ2) is 12.7. The molecule has 2 aliphatic rings. The molecule has 1 aliphatic carbocycles.